The Morgan fingerprint density at radius 3 is 2.52 bits per heavy atom. The van der Waals surface area contributed by atoms with Crippen LogP contribution < -0.4 is 10.1 Å². The van der Waals surface area contributed by atoms with Crippen LogP contribution in [0.15, 0.2) is 48.5 Å². The zero-order valence-electron chi connectivity index (χ0n) is 14.1. The lowest BCUT2D eigenvalue weighted by Crippen LogP contribution is -2.31. The second-order valence-corrected chi connectivity index (χ2v) is 6.00. The molecular weight excluding hydrogens is 342 g/mol. The molecule has 1 amide bonds. The number of rotatable bonds is 7. The van der Waals surface area contributed by atoms with Gasteiger partial charge in [-0.2, -0.15) is 0 Å². The maximum absolute atomic E-state index is 11.9. The molecule has 0 fully saturated rings. The minimum Gasteiger partial charge on any atom is -0.482 e. The second kappa shape index (κ2) is 9.08. The molecule has 5 nitrogen and oxygen atoms in total. The highest BCUT2D eigenvalue weighted by Crippen LogP contribution is 2.21. The summed E-state index contributed by atoms with van der Waals surface area (Å²) in [5, 5.41) is 3.36. The molecule has 0 aliphatic carbocycles. The normalized spacial score (nSPS) is 11.5. The van der Waals surface area contributed by atoms with Crippen molar-refractivity contribution in [3.63, 3.8) is 0 Å². The third-order valence-corrected chi connectivity index (χ3v) is 3.76. The first-order chi connectivity index (χ1) is 12.0. The van der Waals surface area contributed by atoms with Crippen molar-refractivity contribution >= 4 is 23.5 Å². The summed E-state index contributed by atoms with van der Waals surface area (Å²) in [6.45, 7) is 3.06. The van der Waals surface area contributed by atoms with Crippen LogP contribution in [0.25, 0.3) is 0 Å². The molecule has 0 aliphatic heterocycles. The fraction of sp³-hybridized carbons (Fsp3) is 0.263. The summed E-state index contributed by atoms with van der Waals surface area (Å²) in [4.78, 5) is 23.6. The van der Waals surface area contributed by atoms with Crippen molar-refractivity contribution in [1.29, 1.82) is 0 Å². The third-order valence-electron chi connectivity index (χ3n) is 3.52. The summed E-state index contributed by atoms with van der Waals surface area (Å²) in [5.74, 6) is -0.437. The summed E-state index contributed by atoms with van der Waals surface area (Å²) in [6.07, 6.45) is 0. The predicted octanol–water partition coefficient (Wildman–Crippen LogP) is 3.45. The van der Waals surface area contributed by atoms with E-state index in [0.29, 0.717) is 10.8 Å². The molecule has 25 heavy (non-hydrogen) atoms. The van der Waals surface area contributed by atoms with Gasteiger partial charge in [-0.15, -0.1) is 0 Å². The van der Waals surface area contributed by atoms with Crippen molar-refractivity contribution in [2.75, 3.05) is 13.2 Å². The number of carbonyl (C=O) groups is 2. The highest BCUT2D eigenvalue weighted by atomic mass is 35.5. The van der Waals surface area contributed by atoms with Crippen LogP contribution in [0.5, 0.6) is 5.75 Å². The highest BCUT2D eigenvalue weighted by Gasteiger charge is 2.12. The molecule has 1 N–H and O–H groups in total. The number of hydrogen-bond acceptors (Lipinski definition) is 4. The maximum atomic E-state index is 11.9. The van der Waals surface area contributed by atoms with Gasteiger partial charge in [0.2, 0.25) is 0 Å². The first kappa shape index (κ1) is 18.8. The Balaban J connectivity index is 1.73. The van der Waals surface area contributed by atoms with Gasteiger partial charge in [0.05, 0.1) is 6.04 Å². The van der Waals surface area contributed by atoms with Crippen molar-refractivity contribution < 1.29 is 19.1 Å². The van der Waals surface area contributed by atoms with Gasteiger partial charge in [-0.05, 0) is 43.2 Å². The van der Waals surface area contributed by atoms with E-state index in [1.165, 1.54) is 0 Å². The largest absolute Gasteiger partial charge is 0.482 e. The Labute approximate surface area is 151 Å². The Bertz CT molecular complexity index is 733. The average molecular weight is 362 g/mol. The molecule has 0 aromatic heterocycles. The summed E-state index contributed by atoms with van der Waals surface area (Å²) < 4.78 is 10.3. The number of ether oxygens (including phenoxy) is 2. The van der Waals surface area contributed by atoms with E-state index < -0.39 is 5.97 Å². The number of halogens is 1. The second-order valence-electron chi connectivity index (χ2n) is 5.56. The molecule has 0 heterocycles. The van der Waals surface area contributed by atoms with E-state index in [4.69, 9.17) is 21.1 Å². The van der Waals surface area contributed by atoms with Gasteiger partial charge < -0.3 is 14.8 Å². The fourth-order valence-corrected chi connectivity index (χ4v) is 2.43. The van der Waals surface area contributed by atoms with E-state index in [-0.39, 0.29) is 25.2 Å². The van der Waals surface area contributed by atoms with Crippen LogP contribution in [-0.2, 0) is 14.3 Å². The molecule has 2 rings (SSSR count). The summed E-state index contributed by atoms with van der Waals surface area (Å²) >= 11 is 5.86. The molecule has 0 spiro atoms. The Morgan fingerprint density at radius 1 is 1.12 bits per heavy atom. The lowest BCUT2D eigenvalue weighted by molar-refractivity contribution is -0.150. The topological polar surface area (TPSA) is 64.6 Å². The van der Waals surface area contributed by atoms with Crippen molar-refractivity contribution in [3.05, 3.63) is 64.7 Å². The van der Waals surface area contributed by atoms with E-state index >= 15 is 0 Å². The summed E-state index contributed by atoms with van der Waals surface area (Å²) in [5.41, 5.74) is 1.79. The zero-order valence-corrected chi connectivity index (χ0v) is 14.9. The number of aryl methyl sites for hydroxylation is 1. The highest BCUT2D eigenvalue weighted by molar-refractivity contribution is 6.30. The molecule has 0 radical (unpaired) electrons. The SMILES string of the molecule is Cc1cc(Cl)ccc1OCC(=O)OCC(=O)N[C@@H](C)c1ccccc1. The summed E-state index contributed by atoms with van der Waals surface area (Å²) in [6, 6.07) is 14.5. The minimum absolute atomic E-state index is 0.166. The van der Waals surface area contributed by atoms with Gasteiger partial charge in [0.25, 0.3) is 5.91 Å². The van der Waals surface area contributed by atoms with Crippen LogP contribution in [0.3, 0.4) is 0 Å². The molecule has 2 aromatic carbocycles. The lowest BCUT2D eigenvalue weighted by Gasteiger charge is -2.14. The number of carbonyl (C=O) groups excluding carboxylic acids is 2. The molecule has 2 aromatic rings. The molecule has 6 heteroatoms. The monoisotopic (exact) mass is 361 g/mol. The van der Waals surface area contributed by atoms with Crippen LogP contribution in [0.2, 0.25) is 5.02 Å². The fourth-order valence-electron chi connectivity index (χ4n) is 2.21. The summed E-state index contributed by atoms with van der Waals surface area (Å²) in [7, 11) is 0. The van der Waals surface area contributed by atoms with Gasteiger partial charge in [-0.3, -0.25) is 4.79 Å². The smallest absolute Gasteiger partial charge is 0.344 e. The first-order valence-electron chi connectivity index (χ1n) is 7.84. The molecule has 132 valence electrons. The molecule has 0 bridgehead atoms. The van der Waals surface area contributed by atoms with Crippen LogP contribution >= 0.6 is 11.6 Å². The Hall–Kier alpha value is -2.53. The van der Waals surface area contributed by atoms with E-state index in [0.717, 1.165) is 11.1 Å². The first-order valence-corrected chi connectivity index (χ1v) is 8.22. The van der Waals surface area contributed by atoms with Gasteiger partial charge in [0, 0.05) is 5.02 Å². The van der Waals surface area contributed by atoms with Gasteiger partial charge in [0.15, 0.2) is 13.2 Å². The molecule has 1 atom stereocenters. The van der Waals surface area contributed by atoms with Crippen molar-refractivity contribution in [2.24, 2.45) is 0 Å². The van der Waals surface area contributed by atoms with E-state index in [2.05, 4.69) is 5.32 Å². The maximum Gasteiger partial charge on any atom is 0.344 e. The van der Waals surface area contributed by atoms with Gasteiger partial charge in [-0.25, -0.2) is 4.79 Å². The number of esters is 1. The van der Waals surface area contributed by atoms with E-state index in [9.17, 15) is 9.59 Å². The molecule has 0 unspecified atom stereocenters. The molecule has 0 saturated carbocycles. The lowest BCUT2D eigenvalue weighted by atomic mass is 10.1. The Morgan fingerprint density at radius 2 is 1.84 bits per heavy atom. The van der Waals surface area contributed by atoms with Gasteiger partial charge >= 0.3 is 5.97 Å². The average Bonchev–Trinajstić information content (AvgIpc) is 2.60. The van der Waals surface area contributed by atoms with Gasteiger partial charge in [-0.1, -0.05) is 41.9 Å². The van der Waals surface area contributed by atoms with E-state index in [1.807, 2.05) is 44.2 Å². The van der Waals surface area contributed by atoms with Crippen molar-refractivity contribution in [1.82, 2.24) is 5.32 Å². The zero-order chi connectivity index (χ0) is 18.2. The van der Waals surface area contributed by atoms with Crippen LogP contribution in [0.4, 0.5) is 0 Å². The van der Waals surface area contributed by atoms with Crippen molar-refractivity contribution in [2.45, 2.75) is 19.9 Å². The van der Waals surface area contributed by atoms with Crippen LogP contribution in [-0.4, -0.2) is 25.1 Å². The van der Waals surface area contributed by atoms with Crippen LogP contribution in [0.1, 0.15) is 24.1 Å². The van der Waals surface area contributed by atoms with Gasteiger partial charge in [0.1, 0.15) is 5.75 Å². The number of amides is 1. The number of benzene rings is 2. The molecule has 0 saturated heterocycles. The van der Waals surface area contributed by atoms with Crippen molar-refractivity contribution in [3.8, 4) is 5.75 Å². The molecule has 0 aliphatic rings. The quantitative estimate of drug-likeness (QED) is 0.767. The number of nitrogens with one attached hydrogen (secondary N) is 1. The predicted molar refractivity (Wildman–Crippen MR) is 95.6 cm³/mol. The standard InChI is InChI=1S/C19H20ClNO4/c1-13-10-16(20)8-9-17(13)24-12-19(23)25-11-18(22)21-14(2)15-6-4-3-5-7-15/h3-10,14H,11-12H2,1-2H3,(H,21,22)/t14-/m0/s1. The molecular formula is C19H20ClNO4. The van der Waals surface area contributed by atoms with E-state index in [1.54, 1.807) is 18.2 Å². The minimum atomic E-state index is -0.614. The Kier molecular flexibility index (Phi) is 6.83. The van der Waals surface area contributed by atoms with Crippen LogP contribution in [0, 0.1) is 6.92 Å². The third kappa shape index (κ3) is 6.12. The number of hydrogen-bond donors (Lipinski definition) is 1.